The molecule has 1 saturated heterocycles. The average Bonchev–Trinajstić information content (AvgIpc) is 3.52. The van der Waals surface area contributed by atoms with Gasteiger partial charge in [-0.2, -0.15) is 0 Å². The summed E-state index contributed by atoms with van der Waals surface area (Å²) in [7, 11) is 0. The van der Waals surface area contributed by atoms with Gasteiger partial charge in [0.15, 0.2) is 16.7 Å². The molecule has 2 aliphatic rings. The summed E-state index contributed by atoms with van der Waals surface area (Å²) >= 11 is 3.32. The van der Waals surface area contributed by atoms with Crippen LogP contribution < -0.4 is 9.47 Å². The van der Waals surface area contributed by atoms with Crippen molar-refractivity contribution < 1.29 is 14.2 Å². The maximum Gasteiger partial charge on any atom is 0.231 e. The first-order valence-corrected chi connectivity index (χ1v) is 11.7. The molecule has 2 aromatic heterocycles. The lowest BCUT2D eigenvalue weighted by molar-refractivity contribution is 0.0942. The molecule has 9 heteroatoms. The molecule has 0 amide bonds. The van der Waals surface area contributed by atoms with E-state index in [1.54, 1.807) is 23.1 Å². The molecule has 0 N–H and O–H groups in total. The fourth-order valence-electron chi connectivity index (χ4n) is 3.54. The summed E-state index contributed by atoms with van der Waals surface area (Å²) in [5.41, 5.74) is 2.09. The van der Waals surface area contributed by atoms with Gasteiger partial charge >= 0.3 is 0 Å². The molecule has 7 nitrogen and oxygen atoms in total. The summed E-state index contributed by atoms with van der Waals surface area (Å²) in [5, 5.41) is 12.8. The van der Waals surface area contributed by atoms with Gasteiger partial charge in [-0.15, -0.1) is 21.5 Å². The largest absolute Gasteiger partial charge is 0.454 e. The standard InChI is InChI=1S/C20H22N4O3S2/c1-2-18-22-23-20(24(18)9-15-4-3-7-25-15)29-11-14-10-28-19(21-14)13-5-6-16-17(8-13)27-12-26-16/h5-6,8,10,15H,2-4,7,9,11-12H2,1H3. The smallest absolute Gasteiger partial charge is 0.231 e. The molecule has 1 fully saturated rings. The molecule has 1 atom stereocenters. The highest BCUT2D eigenvalue weighted by molar-refractivity contribution is 7.98. The van der Waals surface area contributed by atoms with Crippen LogP contribution in [-0.4, -0.2) is 39.3 Å². The Labute approximate surface area is 177 Å². The van der Waals surface area contributed by atoms with Gasteiger partial charge in [0.1, 0.15) is 10.8 Å². The molecule has 3 aromatic rings. The third kappa shape index (κ3) is 3.99. The predicted molar refractivity (Wildman–Crippen MR) is 112 cm³/mol. The van der Waals surface area contributed by atoms with Crippen molar-refractivity contribution in [1.82, 2.24) is 19.7 Å². The van der Waals surface area contributed by atoms with Crippen LogP contribution in [0.25, 0.3) is 10.6 Å². The topological polar surface area (TPSA) is 71.3 Å². The Bertz CT molecular complexity index is 998. The Morgan fingerprint density at radius 3 is 3.03 bits per heavy atom. The Kier molecular flexibility index (Phi) is 5.43. The van der Waals surface area contributed by atoms with E-state index in [0.29, 0.717) is 0 Å². The molecule has 29 heavy (non-hydrogen) atoms. The molecule has 2 aliphatic heterocycles. The van der Waals surface area contributed by atoms with E-state index in [4.69, 9.17) is 19.2 Å². The normalized spacial score (nSPS) is 17.9. The molecule has 4 heterocycles. The van der Waals surface area contributed by atoms with Crippen molar-refractivity contribution in [3.05, 3.63) is 35.1 Å². The Morgan fingerprint density at radius 2 is 2.17 bits per heavy atom. The highest BCUT2D eigenvalue weighted by Gasteiger charge is 2.21. The summed E-state index contributed by atoms with van der Waals surface area (Å²) in [5.74, 6) is 3.35. The molecule has 0 spiro atoms. The lowest BCUT2D eigenvalue weighted by Crippen LogP contribution is -2.17. The average molecular weight is 431 g/mol. The van der Waals surface area contributed by atoms with Crippen molar-refractivity contribution in [2.24, 2.45) is 0 Å². The molecule has 0 bridgehead atoms. The molecule has 152 valence electrons. The van der Waals surface area contributed by atoms with Crippen LogP contribution in [0.5, 0.6) is 11.5 Å². The third-order valence-electron chi connectivity index (χ3n) is 5.04. The van der Waals surface area contributed by atoms with Gasteiger partial charge < -0.3 is 18.8 Å². The van der Waals surface area contributed by atoms with E-state index < -0.39 is 0 Å². The summed E-state index contributed by atoms with van der Waals surface area (Å²) in [6.45, 7) is 4.09. The van der Waals surface area contributed by atoms with Crippen molar-refractivity contribution in [1.29, 1.82) is 0 Å². The predicted octanol–water partition coefficient (Wildman–Crippen LogP) is 4.16. The Morgan fingerprint density at radius 1 is 1.24 bits per heavy atom. The van der Waals surface area contributed by atoms with Gasteiger partial charge in [-0.25, -0.2) is 4.98 Å². The highest BCUT2D eigenvalue weighted by Crippen LogP contribution is 2.37. The lowest BCUT2D eigenvalue weighted by atomic mass is 10.2. The number of rotatable bonds is 7. The van der Waals surface area contributed by atoms with Gasteiger partial charge in [0.2, 0.25) is 6.79 Å². The number of hydrogen-bond acceptors (Lipinski definition) is 8. The minimum absolute atomic E-state index is 0.271. The number of ether oxygens (including phenoxy) is 3. The fraction of sp³-hybridized carbons (Fsp3) is 0.450. The molecule has 0 radical (unpaired) electrons. The van der Waals surface area contributed by atoms with E-state index in [9.17, 15) is 0 Å². The number of hydrogen-bond donors (Lipinski definition) is 0. The van der Waals surface area contributed by atoms with Gasteiger partial charge in [0.05, 0.1) is 18.3 Å². The summed E-state index contributed by atoms with van der Waals surface area (Å²) in [4.78, 5) is 4.80. The van der Waals surface area contributed by atoms with E-state index >= 15 is 0 Å². The zero-order valence-electron chi connectivity index (χ0n) is 16.2. The van der Waals surface area contributed by atoms with Crippen LogP contribution in [0.15, 0.2) is 28.7 Å². The number of aryl methyl sites for hydroxylation is 1. The van der Waals surface area contributed by atoms with Crippen LogP contribution in [0.1, 0.15) is 31.3 Å². The maximum atomic E-state index is 5.81. The lowest BCUT2D eigenvalue weighted by Gasteiger charge is -2.13. The van der Waals surface area contributed by atoms with Crippen LogP contribution in [0, 0.1) is 0 Å². The first-order chi connectivity index (χ1) is 14.3. The second-order valence-electron chi connectivity index (χ2n) is 7.00. The SMILES string of the molecule is CCc1nnc(SCc2csc(-c3ccc4c(c3)OCO4)n2)n1CC1CCCO1. The number of benzene rings is 1. The number of nitrogens with zero attached hydrogens (tertiary/aromatic N) is 4. The minimum Gasteiger partial charge on any atom is -0.454 e. The van der Waals surface area contributed by atoms with Crippen LogP contribution in [0.3, 0.4) is 0 Å². The molecule has 5 rings (SSSR count). The Balaban J connectivity index is 1.28. The van der Waals surface area contributed by atoms with Gasteiger partial charge in [-0.3, -0.25) is 0 Å². The van der Waals surface area contributed by atoms with Crippen LogP contribution in [0.4, 0.5) is 0 Å². The van der Waals surface area contributed by atoms with Crippen LogP contribution in [-0.2, 0) is 23.5 Å². The van der Waals surface area contributed by atoms with Crippen molar-refractivity contribution in [2.75, 3.05) is 13.4 Å². The minimum atomic E-state index is 0.271. The van der Waals surface area contributed by atoms with Crippen molar-refractivity contribution in [3.63, 3.8) is 0 Å². The van der Waals surface area contributed by atoms with Crippen molar-refractivity contribution in [2.45, 2.75) is 49.7 Å². The fourth-order valence-corrected chi connectivity index (χ4v) is 5.32. The van der Waals surface area contributed by atoms with Gasteiger partial charge in [-0.05, 0) is 31.0 Å². The van der Waals surface area contributed by atoms with Gasteiger partial charge in [-0.1, -0.05) is 18.7 Å². The highest BCUT2D eigenvalue weighted by atomic mass is 32.2. The first-order valence-electron chi connectivity index (χ1n) is 9.81. The number of thiazole rings is 1. The molecule has 1 unspecified atom stereocenters. The number of thioether (sulfide) groups is 1. The molecule has 0 saturated carbocycles. The van der Waals surface area contributed by atoms with Gasteiger partial charge in [0, 0.05) is 29.7 Å². The van der Waals surface area contributed by atoms with E-state index in [-0.39, 0.29) is 12.9 Å². The maximum absolute atomic E-state index is 5.81. The third-order valence-corrected chi connectivity index (χ3v) is 6.98. The van der Waals surface area contributed by atoms with Crippen molar-refractivity contribution in [3.8, 4) is 22.1 Å². The van der Waals surface area contributed by atoms with E-state index in [2.05, 4.69) is 27.1 Å². The van der Waals surface area contributed by atoms with Gasteiger partial charge in [0.25, 0.3) is 0 Å². The van der Waals surface area contributed by atoms with Crippen molar-refractivity contribution >= 4 is 23.1 Å². The quantitative estimate of drug-likeness (QED) is 0.521. The summed E-state index contributed by atoms with van der Waals surface area (Å²) < 4.78 is 18.9. The van der Waals surface area contributed by atoms with Crippen LogP contribution in [0.2, 0.25) is 0 Å². The molecular formula is C20H22N4O3S2. The zero-order valence-corrected chi connectivity index (χ0v) is 17.8. The second kappa shape index (κ2) is 8.33. The monoisotopic (exact) mass is 430 g/mol. The number of fused-ring (bicyclic) bond motifs is 1. The number of aromatic nitrogens is 4. The van der Waals surface area contributed by atoms with E-state index in [1.807, 2.05) is 18.2 Å². The second-order valence-corrected chi connectivity index (χ2v) is 8.80. The zero-order chi connectivity index (χ0) is 19.6. The Hall–Kier alpha value is -2.10. The summed E-state index contributed by atoms with van der Waals surface area (Å²) in [6.07, 6.45) is 3.38. The molecule has 1 aromatic carbocycles. The van der Waals surface area contributed by atoms with E-state index in [0.717, 1.165) is 76.9 Å². The molecular weight excluding hydrogens is 408 g/mol. The summed E-state index contributed by atoms with van der Waals surface area (Å²) in [6, 6.07) is 5.95. The first kappa shape index (κ1) is 18.9. The van der Waals surface area contributed by atoms with E-state index in [1.165, 1.54) is 0 Å². The molecule has 0 aliphatic carbocycles. The van der Waals surface area contributed by atoms with Crippen LogP contribution >= 0.6 is 23.1 Å².